The number of carbonyl (C=O) groups excluding carboxylic acids is 1. The van der Waals surface area contributed by atoms with Gasteiger partial charge in [0.2, 0.25) is 5.95 Å². The average molecular weight is 497 g/mol. The van der Waals surface area contributed by atoms with E-state index in [4.69, 9.17) is 0 Å². The molecule has 0 bridgehead atoms. The van der Waals surface area contributed by atoms with E-state index >= 15 is 0 Å². The first-order valence-electron chi connectivity index (χ1n) is 12.5. The van der Waals surface area contributed by atoms with Gasteiger partial charge in [0.1, 0.15) is 12.5 Å². The Bertz CT molecular complexity index is 1300. The summed E-state index contributed by atoms with van der Waals surface area (Å²) in [6, 6.07) is 15.5. The van der Waals surface area contributed by atoms with Gasteiger partial charge in [-0.3, -0.25) is 14.7 Å². The van der Waals surface area contributed by atoms with Gasteiger partial charge in [-0.25, -0.2) is 4.98 Å². The van der Waals surface area contributed by atoms with E-state index in [2.05, 4.69) is 42.4 Å². The highest BCUT2D eigenvalue weighted by Gasteiger charge is 2.15. The minimum absolute atomic E-state index is 0.142. The van der Waals surface area contributed by atoms with Crippen molar-refractivity contribution in [3.63, 3.8) is 0 Å². The predicted molar refractivity (Wildman–Crippen MR) is 149 cm³/mol. The molecule has 0 unspecified atom stereocenters. The molecule has 9 nitrogen and oxygen atoms in total. The Morgan fingerprint density at radius 3 is 2.59 bits per heavy atom. The van der Waals surface area contributed by atoms with Crippen LogP contribution in [0.2, 0.25) is 0 Å². The van der Waals surface area contributed by atoms with Crippen LogP contribution in [0.4, 0.5) is 23.1 Å². The number of aliphatic imine (C=N–C) groups is 1. The topological polar surface area (TPSA) is 89.0 Å². The Balaban J connectivity index is 1.22. The molecule has 0 atom stereocenters. The summed E-state index contributed by atoms with van der Waals surface area (Å²) in [5, 5.41) is 6.30. The molecule has 1 fully saturated rings. The first-order valence-corrected chi connectivity index (χ1v) is 12.5. The standard InChI is InChI=1S/C28H32N8O/c1-21-4-9-24(18-25(21)32-28-30-12-10-26(33-28)36-13-3-11-29-20-36)31-27(37)23-7-5-22(6-8-23)19-35-16-14-34(2)15-17-35/h3-13,18H,14-17,19-20H2,1-2H3,(H,31,37)(H,30,32,33). The smallest absolute Gasteiger partial charge is 0.255 e. The lowest BCUT2D eigenvalue weighted by Crippen LogP contribution is -2.43. The lowest BCUT2D eigenvalue weighted by Gasteiger charge is -2.32. The van der Waals surface area contributed by atoms with Gasteiger partial charge in [0, 0.05) is 68.3 Å². The zero-order valence-electron chi connectivity index (χ0n) is 21.3. The van der Waals surface area contributed by atoms with Crippen LogP contribution in [0.15, 0.2) is 72.0 Å². The molecule has 9 heteroatoms. The maximum atomic E-state index is 12.9. The van der Waals surface area contributed by atoms with Crippen molar-refractivity contribution in [2.45, 2.75) is 13.5 Å². The molecule has 1 saturated heterocycles. The average Bonchev–Trinajstić information content (AvgIpc) is 2.93. The summed E-state index contributed by atoms with van der Waals surface area (Å²) in [4.78, 5) is 32.9. The Morgan fingerprint density at radius 2 is 1.84 bits per heavy atom. The Hall–Kier alpha value is -4.08. The van der Waals surface area contributed by atoms with Crippen LogP contribution in [-0.2, 0) is 6.54 Å². The van der Waals surface area contributed by atoms with Crippen LogP contribution in [-0.4, -0.2) is 71.8 Å². The predicted octanol–water partition coefficient (Wildman–Crippen LogP) is 3.89. The maximum absolute atomic E-state index is 12.9. The molecule has 0 aliphatic carbocycles. The minimum atomic E-state index is -0.142. The van der Waals surface area contributed by atoms with Crippen LogP contribution in [0.5, 0.6) is 0 Å². The van der Waals surface area contributed by atoms with Gasteiger partial charge >= 0.3 is 0 Å². The zero-order chi connectivity index (χ0) is 25.6. The third-order valence-corrected chi connectivity index (χ3v) is 6.59. The molecule has 3 heterocycles. The number of hydrogen-bond acceptors (Lipinski definition) is 8. The van der Waals surface area contributed by atoms with Gasteiger partial charge in [-0.1, -0.05) is 18.2 Å². The summed E-state index contributed by atoms with van der Waals surface area (Å²) >= 11 is 0. The third kappa shape index (κ3) is 6.38. The number of anilines is 4. The second kappa shape index (κ2) is 11.3. The molecule has 190 valence electrons. The van der Waals surface area contributed by atoms with E-state index in [0.29, 0.717) is 23.9 Å². The highest BCUT2D eigenvalue weighted by Crippen LogP contribution is 2.24. The summed E-state index contributed by atoms with van der Waals surface area (Å²) in [5.41, 5.74) is 4.39. The second-order valence-electron chi connectivity index (χ2n) is 9.41. The SMILES string of the molecule is Cc1ccc(NC(=O)c2ccc(CN3CCN(C)CC3)cc2)cc1Nc1nccc(N2C=CC=NC2)n1. The van der Waals surface area contributed by atoms with Crippen LogP contribution in [0.3, 0.4) is 0 Å². The van der Waals surface area contributed by atoms with E-state index in [0.717, 1.165) is 49.8 Å². The summed E-state index contributed by atoms with van der Waals surface area (Å²) in [6.45, 7) is 7.76. The van der Waals surface area contributed by atoms with Gasteiger partial charge in [0.15, 0.2) is 0 Å². The molecule has 1 aromatic heterocycles. The van der Waals surface area contributed by atoms with Gasteiger partial charge in [0.05, 0.1) is 0 Å². The normalized spacial score (nSPS) is 16.1. The number of nitrogens with one attached hydrogen (secondary N) is 2. The number of aryl methyl sites for hydroxylation is 1. The number of allylic oxidation sites excluding steroid dienone is 1. The van der Waals surface area contributed by atoms with E-state index in [1.54, 1.807) is 12.4 Å². The van der Waals surface area contributed by atoms with Crippen LogP contribution in [0.1, 0.15) is 21.5 Å². The Kier molecular flexibility index (Phi) is 7.53. The molecule has 2 aromatic carbocycles. The number of benzene rings is 2. The molecule has 2 aliphatic heterocycles. The summed E-state index contributed by atoms with van der Waals surface area (Å²) in [7, 11) is 2.16. The highest BCUT2D eigenvalue weighted by atomic mass is 16.1. The van der Waals surface area contributed by atoms with Crippen LogP contribution in [0.25, 0.3) is 0 Å². The van der Waals surface area contributed by atoms with E-state index in [1.807, 2.05) is 72.6 Å². The zero-order valence-corrected chi connectivity index (χ0v) is 21.3. The fourth-order valence-electron chi connectivity index (χ4n) is 4.29. The molecule has 1 amide bonds. The molecule has 5 rings (SSSR count). The van der Waals surface area contributed by atoms with E-state index in [-0.39, 0.29) is 5.91 Å². The van der Waals surface area contributed by atoms with Crippen LogP contribution < -0.4 is 15.5 Å². The molecule has 3 aromatic rings. The molecule has 0 radical (unpaired) electrons. The van der Waals surface area contributed by atoms with Crippen molar-refractivity contribution in [1.82, 2.24) is 19.8 Å². The van der Waals surface area contributed by atoms with E-state index in [9.17, 15) is 4.79 Å². The van der Waals surface area contributed by atoms with Crippen molar-refractivity contribution in [3.8, 4) is 0 Å². The number of nitrogens with zero attached hydrogens (tertiary/aromatic N) is 6. The van der Waals surface area contributed by atoms with Crippen LogP contribution in [0, 0.1) is 6.92 Å². The molecule has 2 aliphatic rings. The number of rotatable bonds is 7. The van der Waals surface area contributed by atoms with Gasteiger partial charge < -0.3 is 20.4 Å². The number of piperazine rings is 1. The summed E-state index contributed by atoms with van der Waals surface area (Å²) in [6.07, 6.45) is 7.28. The van der Waals surface area contributed by atoms with Crippen molar-refractivity contribution in [2.75, 3.05) is 55.4 Å². The fourth-order valence-corrected chi connectivity index (χ4v) is 4.29. The number of hydrogen-bond donors (Lipinski definition) is 2. The first kappa shape index (κ1) is 24.6. The number of carbonyl (C=O) groups is 1. The molecule has 37 heavy (non-hydrogen) atoms. The molecule has 2 N–H and O–H groups in total. The number of likely N-dealkylation sites (N-methyl/N-ethyl adjacent to an activating group) is 1. The Labute approximate surface area is 217 Å². The summed E-state index contributed by atoms with van der Waals surface area (Å²) < 4.78 is 0. The van der Waals surface area contributed by atoms with Gasteiger partial charge in [-0.15, -0.1) is 0 Å². The Morgan fingerprint density at radius 1 is 1.03 bits per heavy atom. The second-order valence-corrected chi connectivity index (χ2v) is 9.41. The van der Waals surface area contributed by atoms with Gasteiger partial charge in [-0.05, 0) is 61.5 Å². The minimum Gasteiger partial charge on any atom is -0.324 e. The fraction of sp³-hybridized carbons (Fsp3) is 0.286. The molecular weight excluding hydrogens is 464 g/mol. The number of amides is 1. The highest BCUT2D eigenvalue weighted by molar-refractivity contribution is 6.04. The summed E-state index contributed by atoms with van der Waals surface area (Å²) in [5.74, 6) is 1.09. The molecule has 0 spiro atoms. The van der Waals surface area contributed by atoms with Gasteiger partial charge in [-0.2, -0.15) is 4.98 Å². The van der Waals surface area contributed by atoms with Crippen molar-refractivity contribution in [3.05, 3.63) is 83.7 Å². The van der Waals surface area contributed by atoms with Crippen molar-refractivity contribution in [2.24, 2.45) is 4.99 Å². The third-order valence-electron chi connectivity index (χ3n) is 6.59. The van der Waals surface area contributed by atoms with Crippen molar-refractivity contribution in [1.29, 1.82) is 0 Å². The maximum Gasteiger partial charge on any atom is 0.255 e. The molecule has 0 saturated carbocycles. The van der Waals surface area contributed by atoms with Crippen LogP contribution >= 0.6 is 0 Å². The first-order chi connectivity index (χ1) is 18.0. The van der Waals surface area contributed by atoms with E-state index < -0.39 is 0 Å². The largest absolute Gasteiger partial charge is 0.324 e. The van der Waals surface area contributed by atoms with E-state index in [1.165, 1.54) is 5.56 Å². The monoisotopic (exact) mass is 496 g/mol. The number of aromatic nitrogens is 2. The van der Waals surface area contributed by atoms with Gasteiger partial charge in [0.25, 0.3) is 5.91 Å². The quantitative estimate of drug-likeness (QED) is 0.513. The van der Waals surface area contributed by atoms with Crippen molar-refractivity contribution >= 4 is 35.3 Å². The lowest BCUT2D eigenvalue weighted by molar-refractivity contribution is 0.102. The van der Waals surface area contributed by atoms with Crippen molar-refractivity contribution < 1.29 is 4.79 Å². The lowest BCUT2D eigenvalue weighted by atomic mass is 10.1. The molecular formula is C28H32N8O.